The van der Waals surface area contributed by atoms with Crippen molar-refractivity contribution in [1.82, 2.24) is 10.9 Å². The fourth-order valence-corrected chi connectivity index (χ4v) is 2.27. The monoisotopic (exact) mass is 347 g/mol. The van der Waals surface area contributed by atoms with E-state index in [-0.39, 0.29) is 11.7 Å². The van der Waals surface area contributed by atoms with Crippen LogP contribution in [0, 0.1) is 13.8 Å². The molecular weight excluding hydrogens is 324 g/mol. The lowest BCUT2D eigenvalue weighted by atomic mass is 10.1. The van der Waals surface area contributed by atoms with Crippen molar-refractivity contribution in [3.8, 4) is 0 Å². The van der Waals surface area contributed by atoms with Gasteiger partial charge < -0.3 is 14.6 Å². The molecule has 0 aliphatic heterocycles. The van der Waals surface area contributed by atoms with Gasteiger partial charge >= 0.3 is 5.91 Å². The van der Waals surface area contributed by atoms with E-state index in [4.69, 9.17) is 16.6 Å². The molecule has 24 heavy (non-hydrogen) atoms. The average molecular weight is 347 g/mol. The van der Waals surface area contributed by atoms with E-state index in [2.05, 4.69) is 16.2 Å². The second kappa shape index (κ2) is 7.94. The van der Waals surface area contributed by atoms with E-state index < -0.39 is 0 Å². The number of carbonyl (C=O) groups excluding carboxylic acids is 1. The number of furan rings is 1. The normalized spacial score (nSPS) is 10.5. The van der Waals surface area contributed by atoms with Crippen LogP contribution in [-0.2, 0) is 6.54 Å². The molecule has 0 bridgehead atoms. The molecule has 128 valence electrons. The van der Waals surface area contributed by atoms with Gasteiger partial charge in [0.05, 0.1) is 14.1 Å². The Morgan fingerprint density at radius 3 is 2.54 bits per heavy atom. The number of rotatable bonds is 4. The molecule has 7 heteroatoms. The molecule has 1 amide bonds. The molecule has 0 unspecified atom stereocenters. The summed E-state index contributed by atoms with van der Waals surface area (Å²) in [6.45, 7) is 4.79. The van der Waals surface area contributed by atoms with E-state index in [9.17, 15) is 4.79 Å². The summed E-state index contributed by atoms with van der Waals surface area (Å²) in [6.07, 6.45) is 0. The number of hydrazine groups is 1. The second-order valence-corrected chi connectivity index (χ2v) is 6.39. The van der Waals surface area contributed by atoms with Gasteiger partial charge in [0, 0.05) is 5.69 Å². The Kier molecular flexibility index (Phi) is 5.94. The molecular formula is C17H23N4O2S+. The molecule has 2 aromatic rings. The molecule has 0 aliphatic rings. The van der Waals surface area contributed by atoms with Crippen LogP contribution >= 0.6 is 12.2 Å². The number of hydrogen-bond donors (Lipinski definition) is 4. The molecule has 4 N–H and O–H groups in total. The first-order valence-corrected chi connectivity index (χ1v) is 8.08. The van der Waals surface area contributed by atoms with Crippen LogP contribution in [0.15, 0.2) is 34.7 Å². The van der Waals surface area contributed by atoms with Crippen LogP contribution in [-0.4, -0.2) is 25.1 Å². The number of quaternary nitrogens is 1. The SMILES string of the molecule is Cc1ccc(NC(=S)NNC(=O)c2ccc(C[NH+](C)C)o2)cc1C. The van der Waals surface area contributed by atoms with Crippen molar-refractivity contribution in [2.45, 2.75) is 20.4 Å². The largest absolute Gasteiger partial charge is 0.450 e. The zero-order valence-corrected chi connectivity index (χ0v) is 15.1. The summed E-state index contributed by atoms with van der Waals surface area (Å²) < 4.78 is 5.50. The van der Waals surface area contributed by atoms with Crippen molar-refractivity contribution < 1.29 is 14.1 Å². The highest BCUT2D eigenvalue weighted by atomic mass is 32.1. The van der Waals surface area contributed by atoms with Crippen LogP contribution in [0.4, 0.5) is 5.69 Å². The smallest absolute Gasteiger partial charge is 0.305 e. The zero-order chi connectivity index (χ0) is 17.7. The average Bonchev–Trinajstić information content (AvgIpc) is 2.96. The molecule has 0 fully saturated rings. The van der Waals surface area contributed by atoms with Gasteiger partial charge in [0.15, 0.2) is 16.6 Å². The van der Waals surface area contributed by atoms with Crippen LogP contribution in [0.5, 0.6) is 0 Å². The highest BCUT2D eigenvalue weighted by Gasteiger charge is 2.12. The third kappa shape index (κ3) is 5.07. The number of amides is 1. The van der Waals surface area contributed by atoms with Crippen molar-refractivity contribution in [1.29, 1.82) is 0 Å². The maximum absolute atomic E-state index is 12.0. The summed E-state index contributed by atoms with van der Waals surface area (Å²) in [5.41, 5.74) is 8.42. The van der Waals surface area contributed by atoms with Gasteiger partial charge in [0.25, 0.3) is 0 Å². The number of benzene rings is 1. The lowest BCUT2D eigenvalue weighted by Crippen LogP contribution is -3.04. The fourth-order valence-electron chi connectivity index (χ4n) is 2.10. The van der Waals surface area contributed by atoms with Gasteiger partial charge in [-0.3, -0.25) is 15.6 Å². The molecule has 0 atom stereocenters. The number of nitrogens with one attached hydrogen (secondary N) is 4. The van der Waals surface area contributed by atoms with Crippen LogP contribution in [0.25, 0.3) is 0 Å². The third-order valence-electron chi connectivity index (χ3n) is 3.47. The number of carbonyl (C=O) groups is 1. The maximum Gasteiger partial charge on any atom is 0.305 e. The first-order valence-electron chi connectivity index (χ1n) is 7.67. The molecule has 1 aromatic heterocycles. The van der Waals surface area contributed by atoms with Gasteiger partial charge in [-0.15, -0.1) is 0 Å². The molecule has 6 nitrogen and oxygen atoms in total. The number of anilines is 1. The molecule has 0 spiro atoms. The zero-order valence-electron chi connectivity index (χ0n) is 14.3. The molecule has 2 rings (SSSR count). The lowest BCUT2D eigenvalue weighted by molar-refractivity contribution is -0.873. The van der Waals surface area contributed by atoms with Crippen molar-refractivity contribution in [3.05, 3.63) is 53.0 Å². The Balaban J connectivity index is 1.85. The Labute approximate surface area is 147 Å². The lowest BCUT2D eigenvalue weighted by Gasteiger charge is -2.12. The van der Waals surface area contributed by atoms with Crippen molar-refractivity contribution >= 4 is 28.9 Å². The molecule has 1 heterocycles. The Morgan fingerprint density at radius 1 is 1.12 bits per heavy atom. The van der Waals surface area contributed by atoms with Gasteiger partial charge in [-0.1, -0.05) is 6.07 Å². The summed E-state index contributed by atoms with van der Waals surface area (Å²) in [6, 6.07) is 9.38. The Morgan fingerprint density at radius 2 is 1.88 bits per heavy atom. The summed E-state index contributed by atoms with van der Waals surface area (Å²) >= 11 is 5.17. The summed E-state index contributed by atoms with van der Waals surface area (Å²) in [5.74, 6) is 0.628. The Bertz CT molecular complexity index is 740. The predicted octanol–water partition coefficient (Wildman–Crippen LogP) is 1.17. The van der Waals surface area contributed by atoms with E-state index >= 15 is 0 Å². The van der Waals surface area contributed by atoms with E-state index in [1.54, 1.807) is 12.1 Å². The number of thiocarbonyl (C=S) groups is 1. The van der Waals surface area contributed by atoms with E-state index in [1.807, 2.05) is 46.1 Å². The van der Waals surface area contributed by atoms with E-state index in [0.29, 0.717) is 11.7 Å². The second-order valence-electron chi connectivity index (χ2n) is 5.98. The first kappa shape index (κ1) is 18.0. The molecule has 0 saturated heterocycles. The third-order valence-corrected chi connectivity index (χ3v) is 3.67. The summed E-state index contributed by atoms with van der Waals surface area (Å²) in [7, 11) is 4.03. The predicted molar refractivity (Wildman–Crippen MR) is 98.0 cm³/mol. The molecule has 1 aromatic carbocycles. The van der Waals surface area contributed by atoms with Gasteiger partial charge in [0.1, 0.15) is 6.54 Å². The highest BCUT2D eigenvalue weighted by molar-refractivity contribution is 7.80. The molecule has 0 radical (unpaired) electrons. The van der Waals surface area contributed by atoms with Crippen molar-refractivity contribution in [2.24, 2.45) is 0 Å². The van der Waals surface area contributed by atoms with Crippen LogP contribution in [0.2, 0.25) is 0 Å². The van der Waals surface area contributed by atoms with Crippen molar-refractivity contribution in [2.75, 3.05) is 19.4 Å². The highest BCUT2D eigenvalue weighted by Crippen LogP contribution is 2.13. The van der Waals surface area contributed by atoms with Gasteiger partial charge in [-0.25, -0.2) is 0 Å². The van der Waals surface area contributed by atoms with Crippen LogP contribution in [0.1, 0.15) is 27.4 Å². The number of hydrogen-bond acceptors (Lipinski definition) is 3. The molecule has 0 aliphatic carbocycles. The topological polar surface area (TPSA) is 70.7 Å². The number of aryl methyl sites for hydroxylation is 2. The van der Waals surface area contributed by atoms with E-state index in [0.717, 1.165) is 17.0 Å². The first-order chi connectivity index (χ1) is 11.3. The Hall–Kier alpha value is -2.38. The minimum Gasteiger partial charge on any atom is -0.450 e. The fraction of sp³-hybridized carbons (Fsp3) is 0.294. The van der Waals surface area contributed by atoms with Gasteiger partial charge in [0.2, 0.25) is 0 Å². The van der Waals surface area contributed by atoms with Crippen LogP contribution in [0.3, 0.4) is 0 Å². The quantitative estimate of drug-likeness (QED) is 0.494. The van der Waals surface area contributed by atoms with E-state index in [1.165, 1.54) is 10.5 Å². The summed E-state index contributed by atoms with van der Waals surface area (Å²) in [5, 5.41) is 3.32. The maximum atomic E-state index is 12.0. The minimum absolute atomic E-state index is 0.243. The minimum atomic E-state index is -0.376. The van der Waals surface area contributed by atoms with Crippen molar-refractivity contribution in [3.63, 3.8) is 0 Å². The summed E-state index contributed by atoms with van der Waals surface area (Å²) in [4.78, 5) is 13.3. The van der Waals surface area contributed by atoms with Gasteiger partial charge in [-0.2, -0.15) is 0 Å². The van der Waals surface area contributed by atoms with Crippen LogP contribution < -0.4 is 21.1 Å². The van der Waals surface area contributed by atoms with Gasteiger partial charge in [-0.05, 0) is 61.5 Å². The standard InChI is InChI=1S/C17H22N4O2S/c1-11-5-6-13(9-12(11)2)18-17(24)20-19-16(22)15-8-7-14(23-15)10-21(3)4/h5-9H,10H2,1-4H3,(H,19,22)(H2,18,20,24)/p+1. The molecule has 0 saturated carbocycles.